The van der Waals surface area contributed by atoms with Crippen molar-refractivity contribution in [2.24, 2.45) is 0 Å². The lowest BCUT2D eigenvalue weighted by molar-refractivity contribution is 0.672. The molecule has 0 atom stereocenters. The summed E-state index contributed by atoms with van der Waals surface area (Å²) in [6, 6.07) is 58.0. The molecule has 0 unspecified atom stereocenters. The fourth-order valence-corrected chi connectivity index (χ4v) is 7.02. The molecule has 0 saturated heterocycles. The van der Waals surface area contributed by atoms with Crippen LogP contribution in [0, 0.1) is 0 Å². The van der Waals surface area contributed by atoms with Gasteiger partial charge in [-0.3, -0.25) is 0 Å². The van der Waals surface area contributed by atoms with Crippen LogP contribution in [-0.4, -0.2) is 19.9 Å². The van der Waals surface area contributed by atoms with Gasteiger partial charge in [-0.25, -0.2) is 19.9 Å². The number of para-hydroxylation sites is 1. The highest BCUT2D eigenvalue weighted by Crippen LogP contribution is 2.42. The van der Waals surface area contributed by atoms with Gasteiger partial charge in [0.05, 0.1) is 16.6 Å². The van der Waals surface area contributed by atoms with Gasteiger partial charge in [0.15, 0.2) is 17.5 Å². The number of fused-ring (bicyclic) bond motifs is 6. The molecule has 5 heteroatoms. The summed E-state index contributed by atoms with van der Waals surface area (Å²) in [5.41, 5.74) is 9.41. The number of rotatable bonds is 5. The van der Waals surface area contributed by atoms with E-state index in [9.17, 15) is 0 Å². The first-order chi connectivity index (χ1) is 25.3. The maximum absolute atomic E-state index is 6.67. The predicted octanol–water partition coefficient (Wildman–Crippen LogP) is 11.8. The van der Waals surface area contributed by atoms with E-state index in [0.29, 0.717) is 17.5 Å². The minimum atomic E-state index is 0.579. The van der Waals surface area contributed by atoms with Crippen LogP contribution in [-0.2, 0) is 0 Å². The minimum Gasteiger partial charge on any atom is -0.455 e. The Morgan fingerprint density at radius 3 is 1.69 bits per heavy atom. The summed E-state index contributed by atoms with van der Waals surface area (Å²) in [5, 5.41) is 5.24. The Bertz CT molecular complexity index is 2890. The predicted molar refractivity (Wildman–Crippen MR) is 207 cm³/mol. The van der Waals surface area contributed by atoms with Gasteiger partial charge in [0.25, 0.3) is 0 Å². The number of benzene rings is 7. The number of hydrogen-bond acceptors (Lipinski definition) is 5. The maximum atomic E-state index is 6.67. The number of aromatic nitrogens is 4. The zero-order chi connectivity index (χ0) is 33.7. The van der Waals surface area contributed by atoms with E-state index >= 15 is 0 Å². The molecule has 0 spiro atoms. The Balaban J connectivity index is 1.17. The van der Waals surface area contributed by atoms with E-state index < -0.39 is 0 Å². The molecule has 0 amide bonds. The van der Waals surface area contributed by atoms with Crippen molar-refractivity contribution in [2.75, 3.05) is 0 Å². The van der Waals surface area contributed by atoms with Gasteiger partial charge in [0.2, 0.25) is 0 Å². The van der Waals surface area contributed by atoms with Crippen molar-refractivity contribution in [3.8, 4) is 56.5 Å². The van der Waals surface area contributed by atoms with E-state index in [1.165, 1.54) is 5.39 Å². The van der Waals surface area contributed by atoms with Gasteiger partial charge in [-0.1, -0.05) is 146 Å². The molecule has 10 aromatic rings. The van der Waals surface area contributed by atoms with E-state index in [0.717, 1.165) is 77.3 Å². The fraction of sp³-hybridized carbons (Fsp3) is 0. The van der Waals surface area contributed by atoms with Gasteiger partial charge >= 0.3 is 0 Å². The Labute approximate surface area is 293 Å². The second-order valence-corrected chi connectivity index (χ2v) is 12.6. The fourth-order valence-electron chi connectivity index (χ4n) is 7.02. The van der Waals surface area contributed by atoms with Gasteiger partial charge in [-0.2, -0.15) is 0 Å². The minimum absolute atomic E-state index is 0.579. The van der Waals surface area contributed by atoms with Crippen LogP contribution in [0.5, 0.6) is 0 Å². The molecule has 7 aromatic carbocycles. The first kappa shape index (κ1) is 29.0. The van der Waals surface area contributed by atoms with Crippen molar-refractivity contribution in [3.05, 3.63) is 170 Å². The summed E-state index contributed by atoms with van der Waals surface area (Å²) in [6.07, 6.45) is 0. The van der Waals surface area contributed by atoms with Gasteiger partial charge in [0.1, 0.15) is 11.2 Å². The third kappa shape index (κ3) is 5.03. The van der Waals surface area contributed by atoms with Crippen LogP contribution in [0.25, 0.3) is 100 Å². The van der Waals surface area contributed by atoms with Crippen molar-refractivity contribution in [1.29, 1.82) is 0 Å². The summed E-state index contributed by atoms with van der Waals surface area (Å²) in [4.78, 5) is 20.4. The molecule has 0 fully saturated rings. The molecule has 0 aliphatic heterocycles. The SMILES string of the molecule is c1ccc(-c2ccc(-c3nc(-c4ccccc4)nc(-c4ccc5nc(-c6cccc7ccccc67)c6c7ccccc7oc6c5c4)n3)cc2)cc1. The van der Waals surface area contributed by atoms with Crippen LogP contribution in [0.15, 0.2) is 174 Å². The van der Waals surface area contributed by atoms with Crippen LogP contribution >= 0.6 is 0 Å². The van der Waals surface area contributed by atoms with Crippen molar-refractivity contribution in [1.82, 2.24) is 19.9 Å². The standard InChI is InChI=1S/C46H28N4O/c1-3-12-29(13-4-1)30-22-24-33(25-23-30)45-48-44(32-15-5-2-6-16-32)49-46(50-45)34-26-27-39-38(28-34)43-41(37-19-9-10-21-40(37)51-43)42(47-39)36-20-11-17-31-14-7-8-18-35(31)36/h1-28H. The molecule has 0 saturated carbocycles. The molecule has 3 heterocycles. The molecule has 5 nitrogen and oxygen atoms in total. The van der Waals surface area contributed by atoms with Crippen LogP contribution in [0.4, 0.5) is 0 Å². The molecular formula is C46H28N4O. The summed E-state index contributed by atoms with van der Waals surface area (Å²) < 4.78 is 6.67. The lowest BCUT2D eigenvalue weighted by Crippen LogP contribution is -2.00. The zero-order valence-electron chi connectivity index (χ0n) is 27.4. The number of pyridine rings is 1. The maximum Gasteiger partial charge on any atom is 0.164 e. The first-order valence-corrected chi connectivity index (χ1v) is 17.0. The first-order valence-electron chi connectivity index (χ1n) is 17.0. The van der Waals surface area contributed by atoms with Gasteiger partial charge < -0.3 is 4.42 Å². The van der Waals surface area contributed by atoms with Crippen LogP contribution in [0.1, 0.15) is 0 Å². The molecule has 0 aliphatic rings. The van der Waals surface area contributed by atoms with E-state index in [2.05, 4.69) is 109 Å². The lowest BCUT2D eigenvalue weighted by Gasteiger charge is -2.11. The molecule has 51 heavy (non-hydrogen) atoms. The zero-order valence-corrected chi connectivity index (χ0v) is 27.4. The topological polar surface area (TPSA) is 64.7 Å². The van der Waals surface area contributed by atoms with Gasteiger partial charge in [-0.05, 0) is 46.2 Å². The smallest absolute Gasteiger partial charge is 0.164 e. The summed E-state index contributed by atoms with van der Waals surface area (Å²) in [6.45, 7) is 0. The van der Waals surface area contributed by atoms with E-state index in [4.69, 9.17) is 24.4 Å². The Hall–Kier alpha value is -6.98. The third-order valence-electron chi connectivity index (χ3n) is 9.53. The van der Waals surface area contributed by atoms with E-state index in [1.807, 2.05) is 60.7 Å². The monoisotopic (exact) mass is 652 g/mol. The quantitative estimate of drug-likeness (QED) is 0.185. The summed E-state index contributed by atoms with van der Waals surface area (Å²) in [7, 11) is 0. The third-order valence-corrected chi connectivity index (χ3v) is 9.53. The average molecular weight is 653 g/mol. The van der Waals surface area contributed by atoms with Crippen LogP contribution < -0.4 is 0 Å². The highest BCUT2D eigenvalue weighted by Gasteiger charge is 2.20. The molecule has 3 aromatic heterocycles. The van der Waals surface area contributed by atoms with Crippen molar-refractivity contribution < 1.29 is 4.42 Å². The molecule has 10 rings (SSSR count). The molecule has 0 radical (unpaired) electrons. The number of furan rings is 1. The second kappa shape index (κ2) is 11.9. The Morgan fingerprint density at radius 2 is 0.922 bits per heavy atom. The van der Waals surface area contributed by atoms with Crippen LogP contribution in [0.3, 0.4) is 0 Å². The lowest BCUT2D eigenvalue weighted by atomic mass is 9.97. The summed E-state index contributed by atoms with van der Waals surface area (Å²) in [5.74, 6) is 1.80. The summed E-state index contributed by atoms with van der Waals surface area (Å²) >= 11 is 0. The molecule has 0 N–H and O–H groups in total. The number of nitrogens with zero attached hydrogens (tertiary/aromatic N) is 4. The van der Waals surface area contributed by atoms with Crippen molar-refractivity contribution in [3.63, 3.8) is 0 Å². The average Bonchev–Trinajstić information content (AvgIpc) is 3.61. The molecular weight excluding hydrogens is 625 g/mol. The van der Waals surface area contributed by atoms with Crippen LogP contribution in [0.2, 0.25) is 0 Å². The molecule has 238 valence electrons. The highest BCUT2D eigenvalue weighted by atomic mass is 16.3. The van der Waals surface area contributed by atoms with Gasteiger partial charge in [0, 0.05) is 33.0 Å². The van der Waals surface area contributed by atoms with E-state index in [1.54, 1.807) is 0 Å². The second-order valence-electron chi connectivity index (χ2n) is 12.6. The number of hydrogen-bond donors (Lipinski definition) is 0. The Kier molecular flexibility index (Phi) is 6.74. The Morgan fingerprint density at radius 1 is 0.373 bits per heavy atom. The normalized spacial score (nSPS) is 11.5. The van der Waals surface area contributed by atoms with Crippen molar-refractivity contribution in [2.45, 2.75) is 0 Å². The molecule has 0 aliphatic carbocycles. The largest absolute Gasteiger partial charge is 0.455 e. The van der Waals surface area contributed by atoms with E-state index in [-0.39, 0.29) is 0 Å². The van der Waals surface area contributed by atoms with Crippen molar-refractivity contribution >= 4 is 43.6 Å². The highest BCUT2D eigenvalue weighted by molar-refractivity contribution is 6.21. The molecule has 0 bridgehead atoms. The van der Waals surface area contributed by atoms with Gasteiger partial charge in [-0.15, -0.1) is 0 Å².